The monoisotopic (exact) mass is 510 g/mol. The second-order valence-electron chi connectivity index (χ2n) is 9.43. The van der Waals surface area contributed by atoms with Crippen LogP contribution >= 0.6 is 0 Å². The van der Waals surface area contributed by atoms with Gasteiger partial charge in [-0.25, -0.2) is 4.39 Å². The van der Waals surface area contributed by atoms with E-state index in [4.69, 9.17) is 13.9 Å². The molecule has 0 radical (unpaired) electrons. The molecule has 198 valence electrons. The highest BCUT2D eigenvalue weighted by Gasteiger charge is 2.31. The third-order valence-corrected chi connectivity index (χ3v) is 6.87. The van der Waals surface area contributed by atoms with Gasteiger partial charge >= 0.3 is 5.97 Å². The molecule has 3 aromatic rings. The standard InChI is InChI=1S/C29H35FN2O5/c1-3-36-26(33)15-16-31-29(34)20-9-12-22(13-10-20)32-27(19-7-5-4-6-8-19)28-24(18-35-2)23-17-21(30)11-14-25(23)37-28/h9-14,17,19,27,32H,3-8,15-16,18H2,1-2H3,(H,31,34). The molecule has 1 aliphatic carbocycles. The van der Waals surface area contributed by atoms with Crippen molar-refractivity contribution < 1.29 is 27.9 Å². The van der Waals surface area contributed by atoms with E-state index in [1.54, 1.807) is 32.2 Å². The number of rotatable bonds is 11. The summed E-state index contributed by atoms with van der Waals surface area (Å²) < 4.78 is 30.8. The summed E-state index contributed by atoms with van der Waals surface area (Å²) in [6, 6.07) is 11.7. The first-order chi connectivity index (χ1) is 18.0. The number of benzene rings is 2. The minimum Gasteiger partial charge on any atom is -0.466 e. The molecule has 1 amide bonds. The first kappa shape index (κ1) is 26.7. The molecule has 1 heterocycles. The van der Waals surface area contributed by atoms with E-state index in [0.717, 1.165) is 48.1 Å². The molecule has 1 saturated carbocycles. The summed E-state index contributed by atoms with van der Waals surface area (Å²) in [6.45, 7) is 2.61. The number of furan rings is 1. The van der Waals surface area contributed by atoms with Gasteiger partial charge in [-0.2, -0.15) is 0 Å². The van der Waals surface area contributed by atoms with Crippen molar-refractivity contribution in [2.45, 2.75) is 58.1 Å². The van der Waals surface area contributed by atoms with Crippen LogP contribution in [-0.4, -0.2) is 32.1 Å². The third kappa shape index (κ3) is 6.68. The summed E-state index contributed by atoms with van der Waals surface area (Å²) in [5.41, 5.74) is 2.86. The second kappa shape index (κ2) is 12.7. The molecule has 1 atom stereocenters. The van der Waals surface area contributed by atoms with Crippen molar-refractivity contribution in [2.75, 3.05) is 25.6 Å². The van der Waals surface area contributed by atoms with Crippen LogP contribution in [0.25, 0.3) is 11.0 Å². The Morgan fingerprint density at radius 2 is 1.86 bits per heavy atom. The molecule has 0 bridgehead atoms. The molecule has 2 N–H and O–H groups in total. The van der Waals surface area contributed by atoms with Gasteiger partial charge in [0.05, 0.1) is 25.7 Å². The van der Waals surface area contributed by atoms with Gasteiger partial charge in [0, 0.05) is 35.9 Å². The van der Waals surface area contributed by atoms with E-state index in [1.165, 1.54) is 18.6 Å². The lowest BCUT2D eigenvalue weighted by molar-refractivity contribution is -0.142. The van der Waals surface area contributed by atoms with E-state index in [0.29, 0.717) is 30.3 Å². The van der Waals surface area contributed by atoms with Gasteiger partial charge in [0.1, 0.15) is 17.2 Å². The summed E-state index contributed by atoms with van der Waals surface area (Å²) in [6.07, 6.45) is 5.80. The second-order valence-corrected chi connectivity index (χ2v) is 9.43. The average Bonchev–Trinajstić information content (AvgIpc) is 3.25. The van der Waals surface area contributed by atoms with Crippen molar-refractivity contribution in [1.82, 2.24) is 5.32 Å². The lowest BCUT2D eigenvalue weighted by atomic mass is 9.82. The molecule has 1 aliphatic rings. The number of carbonyl (C=O) groups is 2. The van der Waals surface area contributed by atoms with Crippen molar-refractivity contribution in [3.05, 3.63) is 65.2 Å². The van der Waals surface area contributed by atoms with Gasteiger partial charge in [-0.1, -0.05) is 19.3 Å². The molecule has 7 nitrogen and oxygen atoms in total. The molecule has 0 spiro atoms. The fourth-order valence-electron chi connectivity index (χ4n) is 5.06. The van der Waals surface area contributed by atoms with Gasteiger partial charge in [0.2, 0.25) is 0 Å². The lowest BCUT2D eigenvalue weighted by Crippen LogP contribution is -2.26. The number of hydrogen-bond acceptors (Lipinski definition) is 6. The van der Waals surface area contributed by atoms with E-state index in [-0.39, 0.29) is 36.7 Å². The topological polar surface area (TPSA) is 89.8 Å². The molecule has 0 saturated heterocycles. The highest BCUT2D eigenvalue weighted by atomic mass is 19.1. The van der Waals surface area contributed by atoms with E-state index in [2.05, 4.69) is 10.6 Å². The van der Waals surface area contributed by atoms with Crippen LogP contribution in [-0.2, 0) is 20.9 Å². The molecule has 1 aromatic heterocycles. The Morgan fingerprint density at radius 1 is 1.11 bits per heavy atom. The van der Waals surface area contributed by atoms with Crippen LogP contribution in [0, 0.1) is 11.7 Å². The van der Waals surface area contributed by atoms with Gasteiger partial charge in [-0.15, -0.1) is 0 Å². The number of amides is 1. The first-order valence-corrected chi connectivity index (χ1v) is 13.0. The lowest BCUT2D eigenvalue weighted by Gasteiger charge is -2.31. The largest absolute Gasteiger partial charge is 0.466 e. The van der Waals surface area contributed by atoms with E-state index in [9.17, 15) is 14.0 Å². The Bertz CT molecular complexity index is 1200. The summed E-state index contributed by atoms with van der Waals surface area (Å²) in [4.78, 5) is 24.0. The van der Waals surface area contributed by atoms with Crippen molar-refractivity contribution in [3.63, 3.8) is 0 Å². The maximum atomic E-state index is 14.1. The quantitative estimate of drug-likeness (QED) is 0.302. The van der Waals surface area contributed by atoms with E-state index >= 15 is 0 Å². The molecular formula is C29H35FN2O5. The van der Waals surface area contributed by atoms with E-state index in [1.807, 2.05) is 12.1 Å². The van der Waals surface area contributed by atoms with Crippen LogP contribution < -0.4 is 10.6 Å². The van der Waals surface area contributed by atoms with Gasteiger partial charge in [-0.3, -0.25) is 9.59 Å². The molecule has 4 rings (SSSR count). The van der Waals surface area contributed by atoms with Gasteiger partial charge in [0.15, 0.2) is 0 Å². The maximum absolute atomic E-state index is 14.1. The van der Waals surface area contributed by atoms with Crippen molar-refractivity contribution in [3.8, 4) is 0 Å². The number of hydrogen-bond donors (Lipinski definition) is 2. The molecular weight excluding hydrogens is 475 g/mol. The molecule has 8 heteroatoms. The SMILES string of the molecule is CCOC(=O)CCNC(=O)c1ccc(NC(c2oc3ccc(F)cc3c2COC)C2CCCCC2)cc1. The number of anilines is 1. The van der Waals surface area contributed by atoms with Crippen LogP contribution in [0.2, 0.25) is 0 Å². The summed E-state index contributed by atoms with van der Waals surface area (Å²) in [5, 5.41) is 7.12. The normalized spacial score (nSPS) is 14.9. The zero-order chi connectivity index (χ0) is 26.2. The zero-order valence-corrected chi connectivity index (χ0v) is 21.5. The number of esters is 1. The van der Waals surface area contributed by atoms with Crippen LogP contribution in [0.3, 0.4) is 0 Å². The first-order valence-electron chi connectivity index (χ1n) is 13.0. The Morgan fingerprint density at radius 3 is 2.57 bits per heavy atom. The Kier molecular flexibility index (Phi) is 9.17. The Balaban J connectivity index is 1.54. The molecule has 2 aromatic carbocycles. The summed E-state index contributed by atoms with van der Waals surface area (Å²) >= 11 is 0. The van der Waals surface area contributed by atoms with E-state index < -0.39 is 0 Å². The Labute approximate surface area is 216 Å². The molecule has 1 fully saturated rings. The fraction of sp³-hybridized carbons (Fsp3) is 0.448. The van der Waals surface area contributed by atoms with Gasteiger partial charge in [-0.05, 0) is 68.1 Å². The number of methoxy groups -OCH3 is 1. The minimum atomic E-state index is -0.336. The summed E-state index contributed by atoms with van der Waals surface area (Å²) in [7, 11) is 1.63. The highest BCUT2D eigenvalue weighted by molar-refractivity contribution is 5.94. The van der Waals surface area contributed by atoms with Crippen LogP contribution in [0.15, 0.2) is 46.9 Å². The number of ether oxygens (including phenoxy) is 2. The van der Waals surface area contributed by atoms with Crippen molar-refractivity contribution in [1.29, 1.82) is 0 Å². The van der Waals surface area contributed by atoms with Crippen molar-refractivity contribution >= 4 is 28.5 Å². The van der Waals surface area contributed by atoms with Crippen LogP contribution in [0.5, 0.6) is 0 Å². The number of halogens is 1. The van der Waals surface area contributed by atoms with Crippen LogP contribution in [0.1, 0.15) is 73.2 Å². The predicted octanol–water partition coefficient (Wildman–Crippen LogP) is 6.13. The van der Waals surface area contributed by atoms with Crippen LogP contribution in [0.4, 0.5) is 10.1 Å². The molecule has 37 heavy (non-hydrogen) atoms. The number of carbonyl (C=O) groups excluding carboxylic acids is 2. The van der Waals surface area contributed by atoms with Gasteiger partial charge < -0.3 is 24.5 Å². The summed E-state index contributed by atoms with van der Waals surface area (Å²) in [5.74, 6) is 0.227. The average molecular weight is 511 g/mol. The Hall–Kier alpha value is -3.39. The smallest absolute Gasteiger partial charge is 0.307 e. The predicted molar refractivity (Wildman–Crippen MR) is 140 cm³/mol. The number of nitrogens with one attached hydrogen (secondary N) is 2. The maximum Gasteiger partial charge on any atom is 0.307 e. The molecule has 0 aliphatic heterocycles. The van der Waals surface area contributed by atoms with Gasteiger partial charge in [0.25, 0.3) is 5.91 Å². The molecule has 1 unspecified atom stereocenters. The van der Waals surface area contributed by atoms with Crippen molar-refractivity contribution in [2.24, 2.45) is 5.92 Å². The highest BCUT2D eigenvalue weighted by Crippen LogP contribution is 2.41. The minimum absolute atomic E-state index is 0.120. The number of fused-ring (bicyclic) bond motifs is 1. The fourth-order valence-corrected chi connectivity index (χ4v) is 5.06. The third-order valence-electron chi connectivity index (χ3n) is 6.87. The zero-order valence-electron chi connectivity index (χ0n) is 21.5.